The van der Waals surface area contributed by atoms with E-state index < -0.39 is 12.0 Å². The minimum absolute atomic E-state index is 0.0928. The van der Waals surface area contributed by atoms with Gasteiger partial charge in [-0.2, -0.15) is 0 Å². The zero-order chi connectivity index (χ0) is 15.6. The van der Waals surface area contributed by atoms with E-state index in [1.807, 2.05) is 45.0 Å². The Hall–Kier alpha value is -2.04. The van der Waals surface area contributed by atoms with E-state index >= 15 is 0 Å². The molecule has 2 rings (SSSR count). The number of benzene rings is 1. The molecule has 0 aliphatic carbocycles. The van der Waals surface area contributed by atoms with Crippen LogP contribution >= 0.6 is 0 Å². The normalized spacial score (nSPS) is 18.5. The number of ether oxygens (including phenoxy) is 1. The van der Waals surface area contributed by atoms with Gasteiger partial charge < -0.3 is 15.2 Å². The second kappa shape index (κ2) is 5.76. The van der Waals surface area contributed by atoms with Gasteiger partial charge in [0.25, 0.3) is 0 Å². The van der Waals surface area contributed by atoms with E-state index in [0.29, 0.717) is 6.61 Å². The first-order valence-corrected chi connectivity index (χ1v) is 7.03. The lowest BCUT2D eigenvalue weighted by Crippen LogP contribution is -2.47. The van der Waals surface area contributed by atoms with Crippen LogP contribution in [-0.4, -0.2) is 29.6 Å². The third-order valence-corrected chi connectivity index (χ3v) is 3.76. The van der Waals surface area contributed by atoms with Crippen LogP contribution in [0.1, 0.15) is 38.7 Å². The Kier molecular flexibility index (Phi) is 4.21. The van der Waals surface area contributed by atoms with Gasteiger partial charge in [0.05, 0.1) is 6.42 Å². The molecule has 1 aliphatic rings. The van der Waals surface area contributed by atoms with Crippen LogP contribution in [0.3, 0.4) is 0 Å². The van der Waals surface area contributed by atoms with Gasteiger partial charge in [-0.15, -0.1) is 0 Å². The molecule has 5 nitrogen and oxygen atoms in total. The Balaban J connectivity index is 2.12. The molecule has 2 atom stereocenters. The van der Waals surface area contributed by atoms with Crippen LogP contribution in [0.25, 0.3) is 0 Å². The van der Waals surface area contributed by atoms with Crippen molar-refractivity contribution >= 4 is 11.9 Å². The molecule has 2 N–H and O–H groups in total. The Morgan fingerprint density at radius 1 is 1.38 bits per heavy atom. The van der Waals surface area contributed by atoms with Crippen molar-refractivity contribution in [3.8, 4) is 5.75 Å². The summed E-state index contributed by atoms with van der Waals surface area (Å²) in [5, 5.41) is 11.9. The Labute approximate surface area is 124 Å². The summed E-state index contributed by atoms with van der Waals surface area (Å²) in [6, 6.07) is 7.01. The van der Waals surface area contributed by atoms with Crippen LogP contribution < -0.4 is 10.1 Å². The molecule has 21 heavy (non-hydrogen) atoms. The number of hydrogen-bond donors (Lipinski definition) is 2. The largest absolute Gasteiger partial charge is 0.492 e. The van der Waals surface area contributed by atoms with Crippen molar-refractivity contribution in [1.82, 2.24) is 5.32 Å². The van der Waals surface area contributed by atoms with Gasteiger partial charge in [0.15, 0.2) is 0 Å². The summed E-state index contributed by atoms with van der Waals surface area (Å²) in [5.74, 6) is -0.748. The summed E-state index contributed by atoms with van der Waals surface area (Å²) in [6.45, 7) is 6.05. The maximum atomic E-state index is 12.5. The van der Waals surface area contributed by atoms with Gasteiger partial charge in [-0.3, -0.25) is 9.59 Å². The zero-order valence-corrected chi connectivity index (χ0v) is 12.6. The van der Waals surface area contributed by atoms with E-state index in [-0.39, 0.29) is 23.7 Å². The molecule has 1 aromatic carbocycles. The smallest absolute Gasteiger partial charge is 0.305 e. The summed E-state index contributed by atoms with van der Waals surface area (Å²) in [5.41, 5.74) is 0.533. The SMILES string of the molecule is CC(C)(C)C(CC(=O)O)NC(=O)C1COc2ccccc21. The van der Waals surface area contributed by atoms with Gasteiger partial charge in [-0.05, 0) is 11.5 Å². The van der Waals surface area contributed by atoms with Crippen LogP contribution in [0.5, 0.6) is 5.75 Å². The predicted octanol–water partition coefficient (Wildman–Crippen LogP) is 2.17. The zero-order valence-electron chi connectivity index (χ0n) is 12.6. The molecule has 0 spiro atoms. The van der Waals surface area contributed by atoms with Crippen LogP contribution in [-0.2, 0) is 9.59 Å². The summed E-state index contributed by atoms with van der Waals surface area (Å²) in [6.07, 6.45) is -0.0928. The number of hydrogen-bond acceptors (Lipinski definition) is 3. The standard InChI is InChI=1S/C16H21NO4/c1-16(2,3)13(8-14(18)19)17-15(20)11-9-21-12-7-5-4-6-10(11)12/h4-7,11,13H,8-9H2,1-3H3,(H,17,20)(H,18,19). The predicted molar refractivity (Wildman–Crippen MR) is 78.3 cm³/mol. The highest BCUT2D eigenvalue weighted by atomic mass is 16.5. The van der Waals surface area contributed by atoms with E-state index in [9.17, 15) is 9.59 Å². The number of carboxylic acid groups (broad SMARTS) is 1. The molecule has 0 aromatic heterocycles. The highest BCUT2D eigenvalue weighted by Gasteiger charge is 2.34. The molecule has 114 valence electrons. The first kappa shape index (κ1) is 15.4. The van der Waals surface area contributed by atoms with Crippen molar-refractivity contribution < 1.29 is 19.4 Å². The molecular formula is C16H21NO4. The Morgan fingerprint density at radius 3 is 2.67 bits per heavy atom. The fourth-order valence-corrected chi connectivity index (χ4v) is 2.40. The molecule has 5 heteroatoms. The summed E-state index contributed by atoms with van der Waals surface area (Å²) < 4.78 is 5.50. The summed E-state index contributed by atoms with van der Waals surface area (Å²) in [7, 11) is 0. The average molecular weight is 291 g/mol. The average Bonchev–Trinajstić information content (AvgIpc) is 2.80. The minimum Gasteiger partial charge on any atom is -0.492 e. The number of carbonyl (C=O) groups excluding carboxylic acids is 1. The number of aliphatic carboxylic acids is 1. The number of carboxylic acids is 1. The molecular weight excluding hydrogens is 270 g/mol. The lowest BCUT2D eigenvalue weighted by molar-refractivity contribution is -0.138. The summed E-state index contributed by atoms with van der Waals surface area (Å²) >= 11 is 0. The van der Waals surface area contributed by atoms with Crippen LogP contribution in [0.15, 0.2) is 24.3 Å². The highest BCUT2D eigenvalue weighted by molar-refractivity contribution is 5.86. The summed E-state index contributed by atoms with van der Waals surface area (Å²) in [4.78, 5) is 23.4. The number of rotatable bonds is 4. The molecule has 1 aliphatic heterocycles. The molecule has 0 saturated carbocycles. The highest BCUT2D eigenvalue weighted by Crippen LogP contribution is 2.34. The molecule has 0 saturated heterocycles. The van der Waals surface area contributed by atoms with Crippen molar-refractivity contribution in [2.45, 2.75) is 39.2 Å². The van der Waals surface area contributed by atoms with Crippen LogP contribution in [0.4, 0.5) is 0 Å². The third-order valence-electron chi connectivity index (χ3n) is 3.76. The maximum absolute atomic E-state index is 12.5. The topological polar surface area (TPSA) is 75.6 Å². The van der Waals surface area contributed by atoms with Gasteiger partial charge >= 0.3 is 5.97 Å². The van der Waals surface area contributed by atoms with Gasteiger partial charge in [-0.1, -0.05) is 39.0 Å². The number of amides is 1. The van der Waals surface area contributed by atoms with Crippen molar-refractivity contribution in [2.75, 3.05) is 6.61 Å². The quantitative estimate of drug-likeness (QED) is 0.891. The fourth-order valence-electron chi connectivity index (χ4n) is 2.40. The first-order valence-electron chi connectivity index (χ1n) is 7.03. The number of para-hydroxylation sites is 1. The fraction of sp³-hybridized carbons (Fsp3) is 0.500. The lowest BCUT2D eigenvalue weighted by atomic mass is 9.84. The molecule has 1 amide bonds. The molecule has 0 bridgehead atoms. The van der Waals surface area contributed by atoms with Crippen molar-refractivity contribution in [3.05, 3.63) is 29.8 Å². The molecule has 2 unspecified atom stereocenters. The molecule has 1 heterocycles. The maximum Gasteiger partial charge on any atom is 0.305 e. The number of nitrogens with one attached hydrogen (secondary N) is 1. The molecule has 0 radical (unpaired) electrons. The van der Waals surface area contributed by atoms with E-state index in [2.05, 4.69) is 5.32 Å². The third kappa shape index (κ3) is 3.54. The van der Waals surface area contributed by atoms with Gasteiger partial charge in [0, 0.05) is 11.6 Å². The van der Waals surface area contributed by atoms with Crippen LogP contribution in [0.2, 0.25) is 0 Å². The van der Waals surface area contributed by atoms with Gasteiger partial charge in [0.1, 0.15) is 18.3 Å². The monoisotopic (exact) mass is 291 g/mol. The molecule has 0 fully saturated rings. The van der Waals surface area contributed by atoms with Crippen molar-refractivity contribution in [2.24, 2.45) is 5.41 Å². The van der Waals surface area contributed by atoms with E-state index in [0.717, 1.165) is 11.3 Å². The second-order valence-electron chi connectivity index (χ2n) is 6.43. The first-order chi connectivity index (χ1) is 9.79. The number of carbonyl (C=O) groups is 2. The van der Waals surface area contributed by atoms with Crippen LogP contribution in [0, 0.1) is 5.41 Å². The van der Waals surface area contributed by atoms with Gasteiger partial charge in [-0.25, -0.2) is 0 Å². The Bertz CT molecular complexity index is 547. The lowest BCUT2D eigenvalue weighted by Gasteiger charge is -2.31. The van der Waals surface area contributed by atoms with Gasteiger partial charge in [0.2, 0.25) is 5.91 Å². The molecule has 1 aromatic rings. The van der Waals surface area contributed by atoms with Crippen molar-refractivity contribution in [1.29, 1.82) is 0 Å². The van der Waals surface area contributed by atoms with E-state index in [1.54, 1.807) is 0 Å². The number of fused-ring (bicyclic) bond motifs is 1. The van der Waals surface area contributed by atoms with Crippen molar-refractivity contribution in [3.63, 3.8) is 0 Å². The van der Waals surface area contributed by atoms with E-state index in [1.165, 1.54) is 0 Å². The second-order valence-corrected chi connectivity index (χ2v) is 6.43. The minimum atomic E-state index is -0.918. The Morgan fingerprint density at radius 2 is 2.05 bits per heavy atom. The van der Waals surface area contributed by atoms with E-state index in [4.69, 9.17) is 9.84 Å².